The summed E-state index contributed by atoms with van der Waals surface area (Å²) in [6, 6.07) is 11.6. The van der Waals surface area contributed by atoms with Crippen LogP contribution in [0.4, 0.5) is 10.1 Å². The predicted octanol–water partition coefficient (Wildman–Crippen LogP) is 3.50. The van der Waals surface area contributed by atoms with Crippen LogP contribution in [0.2, 0.25) is 5.02 Å². The first-order chi connectivity index (χ1) is 12.4. The molecule has 0 spiro atoms. The number of anilines is 1. The summed E-state index contributed by atoms with van der Waals surface area (Å²) in [5.41, 5.74) is 2.59. The Kier molecular flexibility index (Phi) is 5.57. The van der Waals surface area contributed by atoms with Crippen molar-refractivity contribution in [1.29, 1.82) is 0 Å². The molecule has 26 heavy (non-hydrogen) atoms. The number of nitrogens with one attached hydrogen (secondary N) is 1. The van der Waals surface area contributed by atoms with E-state index < -0.39 is 11.7 Å². The molecule has 0 radical (unpaired) electrons. The monoisotopic (exact) mass is 374 g/mol. The molecule has 0 saturated carbocycles. The lowest BCUT2D eigenvalue weighted by atomic mass is 10.1. The Labute approximate surface area is 157 Å². The number of amides is 2. The second-order valence-corrected chi connectivity index (χ2v) is 6.93. The van der Waals surface area contributed by atoms with E-state index in [0.29, 0.717) is 36.6 Å². The van der Waals surface area contributed by atoms with Gasteiger partial charge in [0.15, 0.2) is 0 Å². The smallest absolute Gasteiger partial charge is 0.239 e. The van der Waals surface area contributed by atoms with Crippen LogP contribution in [0.3, 0.4) is 0 Å². The fourth-order valence-electron chi connectivity index (χ4n) is 3.23. The Balaban J connectivity index is 1.56. The van der Waals surface area contributed by atoms with Gasteiger partial charge in [0.1, 0.15) is 11.7 Å². The summed E-state index contributed by atoms with van der Waals surface area (Å²) >= 11 is 6.04. The van der Waals surface area contributed by atoms with Crippen LogP contribution in [0.25, 0.3) is 0 Å². The molecule has 2 aromatic carbocycles. The number of rotatable bonds is 5. The average molecular weight is 375 g/mol. The highest BCUT2D eigenvalue weighted by Gasteiger charge is 2.37. The van der Waals surface area contributed by atoms with Gasteiger partial charge in [-0.05, 0) is 61.2 Å². The van der Waals surface area contributed by atoms with Gasteiger partial charge in [-0.1, -0.05) is 23.7 Å². The van der Waals surface area contributed by atoms with E-state index in [-0.39, 0.29) is 11.8 Å². The zero-order chi connectivity index (χ0) is 18.7. The Hall–Kier alpha value is -2.40. The number of halogens is 2. The molecule has 3 rings (SSSR count). The lowest BCUT2D eigenvalue weighted by Crippen LogP contribution is -2.37. The van der Waals surface area contributed by atoms with Crippen LogP contribution < -0.4 is 10.2 Å². The summed E-state index contributed by atoms with van der Waals surface area (Å²) in [4.78, 5) is 26.3. The van der Waals surface area contributed by atoms with Gasteiger partial charge in [0.25, 0.3) is 0 Å². The topological polar surface area (TPSA) is 49.4 Å². The van der Waals surface area contributed by atoms with E-state index in [9.17, 15) is 14.0 Å². The molecule has 6 heteroatoms. The third-order valence-electron chi connectivity index (χ3n) is 4.46. The molecule has 0 bridgehead atoms. The highest BCUT2D eigenvalue weighted by Crippen LogP contribution is 2.26. The number of nitrogens with zero attached hydrogens (tertiary/aromatic N) is 1. The Morgan fingerprint density at radius 1 is 1.31 bits per heavy atom. The van der Waals surface area contributed by atoms with Crippen molar-refractivity contribution in [2.45, 2.75) is 19.8 Å². The molecule has 2 amide bonds. The maximum absolute atomic E-state index is 13.4. The summed E-state index contributed by atoms with van der Waals surface area (Å²) in [6.45, 7) is 2.81. The van der Waals surface area contributed by atoms with Gasteiger partial charge in [-0.2, -0.15) is 0 Å². The largest absolute Gasteiger partial charge is 0.355 e. The van der Waals surface area contributed by atoms with Crippen LogP contribution in [0.15, 0.2) is 42.5 Å². The number of hydrogen-bond acceptors (Lipinski definition) is 2. The van der Waals surface area contributed by atoms with Crippen LogP contribution >= 0.6 is 11.6 Å². The van der Waals surface area contributed by atoms with E-state index in [1.165, 1.54) is 17.0 Å². The summed E-state index contributed by atoms with van der Waals surface area (Å²) in [5, 5.41) is 3.49. The van der Waals surface area contributed by atoms with Crippen LogP contribution in [0.1, 0.15) is 17.5 Å². The maximum Gasteiger partial charge on any atom is 0.239 e. The van der Waals surface area contributed by atoms with E-state index in [4.69, 9.17) is 11.6 Å². The lowest BCUT2D eigenvalue weighted by Gasteiger charge is -2.16. The molecule has 136 valence electrons. The van der Waals surface area contributed by atoms with Crippen molar-refractivity contribution in [1.82, 2.24) is 5.32 Å². The molecule has 1 heterocycles. The molecule has 1 aliphatic rings. The van der Waals surface area contributed by atoms with Gasteiger partial charge < -0.3 is 10.2 Å². The van der Waals surface area contributed by atoms with E-state index >= 15 is 0 Å². The number of carbonyl (C=O) groups is 2. The van der Waals surface area contributed by atoms with Crippen molar-refractivity contribution in [2.75, 3.05) is 18.0 Å². The second-order valence-electron chi connectivity index (χ2n) is 6.49. The van der Waals surface area contributed by atoms with Crippen molar-refractivity contribution in [3.05, 3.63) is 64.4 Å². The molecule has 1 saturated heterocycles. The number of aryl methyl sites for hydroxylation is 1. The molecule has 1 atom stereocenters. The Morgan fingerprint density at radius 3 is 2.85 bits per heavy atom. The van der Waals surface area contributed by atoms with Crippen molar-refractivity contribution in [3.8, 4) is 0 Å². The average Bonchev–Trinajstić information content (AvgIpc) is 2.95. The summed E-state index contributed by atoms with van der Waals surface area (Å²) < 4.78 is 13.4. The summed E-state index contributed by atoms with van der Waals surface area (Å²) in [6.07, 6.45) is 1.07. The van der Waals surface area contributed by atoms with Crippen molar-refractivity contribution < 1.29 is 14.0 Å². The first-order valence-electron chi connectivity index (χ1n) is 8.55. The fraction of sp³-hybridized carbons (Fsp3) is 0.300. The molecule has 1 aliphatic heterocycles. The lowest BCUT2D eigenvalue weighted by molar-refractivity contribution is -0.132. The molecule has 2 aromatic rings. The summed E-state index contributed by atoms with van der Waals surface area (Å²) in [7, 11) is 0. The van der Waals surface area contributed by atoms with Gasteiger partial charge in [0.2, 0.25) is 11.8 Å². The number of hydrogen-bond donors (Lipinski definition) is 1. The van der Waals surface area contributed by atoms with Crippen LogP contribution in [-0.4, -0.2) is 24.9 Å². The number of benzene rings is 2. The van der Waals surface area contributed by atoms with E-state index in [0.717, 1.165) is 11.1 Å². The van der Waals surface area contributed by atoms with Gasteiger partial charge in [-0.25, -0.2) is 4.39 Å². The van der Waals surface area contributed by atoms with Crippen LogP contribution in [-0.2, 0) is 16.0 Å². The molecule has 0 aliphatic carbocycles. The minimum atomic E-state index is -0.723. The van der Waals surface area contributed by atoms with Crippen molar-refractivity contribution in [3.63, 3.8) is 0 Å². The molecular formula is C20H20ClFN2O2. The molecule has 1 N–H and O–H groups in total. The van der Waals surface area contributed by atoms with E-state index in [2.05, 4.69) is 5.32 Å². The van der Waals surface area contributed by atoms with Gasteiger partial charge >= 0.3 is 0 Å². The first-order valence-corrected chi connectivity index (χ1v) is 8.92. The normalized spacial score (nSPS) is 16.8. The predicted molar refractivity (Wildman–Crippen MR) is 99.8 cm³/mol. The standard InChI is InChI=1S/C20H20ClFN2O2/c1-13-9-14(11-15(21)10-13)5-7-23-19(25)18-6-8-24(20(18)26)17-4-2-3-16(22)12-17/h2-4,9-12,18H,5-8H2,1H3,(H,23,25). The molecule has 1 fully saturated rings. The van der Waals surface area contributed by atoms with Gasteiger partial charge in [-0.3, -0.25) is 9.59 Å². The minimum Gasteiger partial charge on any atom is -0.355 e. The zero-order valence-corrected chi connectivity index (χ0v) is 15.2. The van der Waals surface area contributed by atoms with Gasteiger partial charge in [0.05, 0.1) is 0 Å². The quantitative estimate of drug-likeness (QED) is 0.814. The van der Waals surface area contributed by atoms with Crippen molar-refractivity contribution in [2.24, 2.45) is 5.92 Å². The second kappa shape index (κ2) is 7.87. The van der Waals surface area contributed by atoms with Crippen LogP contribution in [0, 0.1) is 18.7 Å². The Morgan fingerprint density at radius 2 is 2.12 bits per heavy atom. The fourth-order valence-corrected chi connectivity index (χ4v) is 3.55. The first kappa shape index (κ1) is 18.4. The van der Waals surface area contributed by atoms with Crippen LogP contribution in [0.5, 0.6) is 0 Å². The van der Waals surface area contributed by atoms with Gasteiger partial charge in [-0.15, -0.1) is 0 Å². The third-order valence-corrected chi connectivity index (χ3v) is 4.67. The third kappa shape index (κ3) is 4.22. The molecule has 1 unspecified atom stereocenters. The van der Waals surface area contributed by atoms with E-state index in [1.807, 2.05) is 25.1 Å². The molecule has 4 nitrogen and oxygen atoms in total. The number of carbonyl (C=O) groups excluding carboxylic acids is 2. The van der Waals surface area contributed by atoms with Crippen molar-refractivity contribution >= 4 is 29.1 Å². The van der Waals surface area contributed by atoms with E-state index in [1.54, 1.807) is 12.1 Å². The summed E-state index contributed by atoms with van der Waals surface area (Å²) in [5.74, 6) is -1.70. The molecule has 0 aromatic heterocycles. The molecular weight excluding hydrogens is 355 g/mol. The highest BCUT2D eigenvalue weighted by molar-refractivity contribution is 6.30. The zero-order valence-electron chi connectivity index (χ0n) is 14.5. The van der Waals surface area contributed by atoms with Gasteiger partial charge in [0, 0.05) is 23.8 Å². The minimum absolute atomic E-state index is 0.285. The Bertz CT molecular complexity index is 820. The SMILES string of the molecule is Cc1cc(Cl)cc(CCNC(=O)C2CCN(c3cccc(F)c3)C2=O)c1. The highest BCUT2D eigenvalue weighted by atomic mass is 35.5. The maximum atomic E-state index is 13.4.